The summed E-state index contributed by atoms with van der Waals surface area (Å²) in [6, 6.07) is 13.6. The third-order valence-electron chi connectivity index (χ3n) is 6.75. The first kappa shape index (κ1) is 29.3. The molecule has 1 aliphatic heterocycles. The standard InChI is InChI=1S/C28H34F2N6O3S/c1-28(29,30)19-36-22(5-4-14-33-20-8-10-23(11-9-20)40(31,38)39)17-24-25(6-3-7-26(24)36)34-21-12-15-35(16-13-21)18-27(37)32-2/h3,6-11,17,21,33-34H,12-16,18-19H2,1-2H3,(H,32,37)(H2,31,38,39). The number of piperidine rings is 1. The van der Waals surface area contributed by atoms with Crippen molar-refractivity contribution in [2.75, 3.05) is 43.9 Å². The van der Waals surface area contributed by atoms with Crippen molar-refractivity contribution in [3.8, 4) is 11.8 Å². The SMILES string of the molecule is CNC(=O)CN1CCC(Nc2cccc3c2cc(C#CCNc2ccc(S(N)(=O)=O)cc2)n3CC(C)(F)F)CC1. The average Bonchev–Trinajstić information content (AvgIpc) is 3.24. The Hall–Kier alpha value is -3.66. The highest BCUT2D eigenvalue weighted by Gasteiger charge is 2.25. The summed E-state index contributed by atoms with van der Waals surface area (Å²) >= 11 is 0. The van der Waals surface area contributed by atoms with E-state index < -0.39 is 22.5 Å². The monoisotopic (exact) mass is 572 g/mol. The van der Waals surface area contributed by atoms with Crippen LogP contribution < -0.4 is 21.1 Å². The fourth-order valence-electron chi connectivity index (χ4n) is 4.74. The number of hydrogen-bond acceptors (Lipinski definition) is 6. The van der Waals surface area contributed by atoms with Crippen LogP contribution in [0.3, 0.4) is 0 Å². The Morgan fingerprint density at radius 1 is 1.15 bits per heavy atom. The summed E-state index contributed by atoms with van der Waals surface area (Å²) in [5.74, 6) is 3.06. The topological polar surface area (TPSA) is 121 Å². The van der Waals surface area contributed by atoms with E-state index in [2.05, 4.69) is 32.7 Å². The maximum Gasteiger partial charge on any atom is 0.262 e. The summed E-state index contributed by atoms with van der Waals surface area (Å²) in [4.78, 5) is 13.8. The molecule has 1 amide bonds. The molecule has 1 saturated heterocycles. The number of hydrogen-bond donors (Lipinski definition) is 4. The lowest BCUT2D eigenvalue weighted by molar-refractivity contribution is -0.122. The van der Waals surface area contributed by atoms with Gasteiger partial charge in [-0.25, -0.2) is 22.3 Å². The van der Waals surface area contributed by atoms with Gasteiger partial charge in [0.25, 0.3) is 5.92 Å². The highest BCUT2D eigenvalue weighted by molar-refractivity contribution is 7.89. The number of fused-ring (bicyclic) bond motifs is 1. The van der Waals surface area contributed by atoms with Crippen molar-refractivity contribution in [3.05, 3.63) is 54.2 Å². The van der Waals surface area contributed by atoms with E-state index in [9.17, 15) is 22.0 Å². The van der Waals surface area contributed by atoms with Crippen LogP contribution in [0.5, 0.6) is 0 Å². The molecule has 4 rings (SSSR count). The van der Waals surface area contributed by atoms with E-state index in [4.69, 9.17) is 5.14 Å². The summed E-state index contributed by atoms with van der Waals surface area (Å²) in [6.07, 6.45) is 1.72. The second kappa shape index (κ2) is 12.2. The normalized spacial score (nSPS) is 14.9. The first-order valence-electron chi connectivity index (χ1n) is 13.0. The lowest BCUT2D eigenvalue weighted by Crippen LogP contribution is -2.43. The molecule has 1 aliphatic rings. The quantitative estimate of drug-likeness (QED) is 0.293. The van der Waals surface area contributed by atoms with Crippen LogP contribution in [0.15, 0.2) is 53.4 Å². The molecule has 0 bridgehead atoms. The fraction of sp³-hybridized carbons (Fsp3) is 0.393. The van der Waals surface area contributed by atoms with E-state index in [1.54, 1.807) is 23.7 Å². The first-order chi connectivity index (χ1) is 18.9. The lowest BCUT2D eigenvalue weighted by Gasteiger charge is -2.32. The van der Waals surface area contributed by atoms with Crippen molar-refractivity contribution < 1.29 is 22.0 Å². The second-order valence-electron chi connectivity index (χ2n) is 10.0. The molecule has 0 aliphatic carbocycles. The van der Waals surface area contributed by atoms with Crippen LogP contribution in [0, 0.1) is 11.8 Å². The average molecular weight is 573 g/mol. The minimum absolute atomic E-state index is 0.00552. The van der Waals surface area contributed by atoms with Crippen LogP contribution in [0.25, 0.3) is 10.9 Å². The highest BCUT2D eigenvalue weighted by atomic mass is 32.2. The molecule has 2 aromatic carbocycles. The Kier molecular flexibility index (Phi) is 8.98. The Morgan fingerprint density at radius 3 is 2.48 bits per heavy atom. The van der Waals surface area contributed by atoms with Gasteiger partial charge in [0.1, 0.15) is 0 Å². The Balaban J connectivity index is 1.50. The number of nitrogens with two attached hydrogens (primary N) is 1. The molecule has 5 N–H and O–H groups in total. The highest BCUT2D eigenvalue weighted by Crippen LogP contribution is 2.31. The van der Waals surface area contributed by atoms with Crippen molar-refractivity contribution in [2.45, 2.75) is 43.2 Å². The molecule has 0 saturated carbocycles. The van der Waals surface area contributed by atoms with Crippen molar-refractivity contribution in [1.82, 2.24) is 14.8 Å². The van der Waals surface area contributed by atoms with Gasteiger partial charge in [0, 0.05) is 49.9 Å². The number of carbonyl (C=O) groups excluding carboxylic acids is 1. The van der Waals surface area contributed by atoms with Crippen molar-refractivity contribution >= 4 is 38.2 Å². The van der Waals surface area contributed by atoms with Crippen LogP contribution in [-0.4, -0.2) is 69.0 Å². The van der Waals surface area contributed by atoms with Gasteiger partial charge in [-0.2, -0.15) is 0 Å². The molecule has 1 fully saturated rings. The summed E-state index contributed by atoms with van der Waals surface area (Å²) in [6.45, 7) is 2.56. The summed E-state index contributed by atoms with van der Waals surface area (Å²) in [5, 5.41) is 15.2. The van der Waals surface area contributed by atoms with Crippen LogP contribution in [-0.2, 0) is 21.4 Å². The van der Waals surface area contributed by atoms with Gasteiger partial charge >= 0.3 is 0 Å². The predicted octanol–water partition coefficient (Wildman–Crippen LogP) is 3.03. The van der Waals surface area contributed by atoms with Gasteiger partial charge in [-0.1, -0.05) is 12.0 Å². The molecular weight excluding hydrogens is 538 g/mol. The second-order valence-corrected chi connectivity index (χ2v) is 11.6. The number of likely N-dealkylation sites (tertiary alicyclic amines) is 1. The van der Waals surface area contributed by atoms with Crippen LogP contribution in [0.2, 0.25) is 0 Å². The number of halogens is 2. The van der Waals surface area contributed by atoms with Crippen LogP contribution in [0.1, 0.15) is 25.5 Å². The molecule has 214 valence electrons. The molecule has 12 heteroatoms. The van der Waals surface area contributed by atoms with E-state index >= 15 is 0 Å². The van der Waals surface area contributed by atoms with Gasteiger partial charge in [0.05, 0.1) is 35.7 Å². The van der Waals surface area contributed by atoms with E-state index in [1.807, 2.05) is 24.3 Å². The molecule has 3 aromatic rings. The molecular formula is C28H34F2N6O3S. The van der Waals surface area contributed by atoms with Gasteiger partial charge < -0.3 is 20.5 Å². The number of amides is 1. The Bertz CT molecular complexity index is 1510. The zero-order valence-corrected chi connectivity index (χ0v) is 23.3. The maximum absolute atomic E-state index is 14.2. The molecule has 0 radical (unpaired) electrons. The van der Waals surface area contributed by atoms with E-state index in [0.29, 0.717) is 23.4 Å². The van der Waals surface area contributed by atoms with Crippen molar-refractivity contribution in [3.63, 3.8) is 0 Å². The molecule has 2 heterocycles. The van der Waals surface area contributed by atoms with Gasteiger partial charge in [0.2, 0.25) is 15.9 Å². The summed E-state index contributed by atoms with van der Waals surface area (Å²) in [5.41, 5.74) is 2.64. The Labute approximate surface area is 233 Å². The van der Waals surface area contributed by atoms with Crippen LogP contribution in [0.4, 0.5) is 20.2 Å². The molecule has 9 nitrogen and oxygen atoms in total. The minimum Gasteiger partial charge on any atom is -0.382 e. The number of likely N-dealkylation sites (N-methyl/N-ethyl adjacent to an activating group) is 1. The number of rotatable bonds is 9. The zero-order valence-electron chi connectivity index (χ0n) is 22.5. The number of nitrogens with zero attached hydrogens (tertiary/aromatic N) is 2. The number of alkyl halides is 2. The van der Waals surface area contributed by atoms with Gasteiger partial charge in [-0.3, -0.25) is 9.69 Å². The molecule has 0 spiro atoms. The predicted molar refractivity (Wildman–Crippen MR) is 153 cm³/mol. The number of primary sulfonamides is 1. The first-order valence-corrected chi connectivity index (χ1v) is 14.5. The van der Waals surface area contributed by atoms with Crippen molar-refractivity contribution in [2.24, 2.45) is 5.14 Å². The number of carbonyl (C=O) groups is 1. The third-order valence-corrected chi connectivity index (χ3v) is 7.68. The van der Waals surface area contributed by atoms with Crippen LogP contribution >= 0.6 is 0 Å². The fourth-order valence-corrected chi connectivity index (χ4v) is 5.26. The maximum atomic E-state index is 14.2. The number of anilines is 2. The minimum atomic E-state index is -3.78. The van der Waals surface area contributed by atoms with E-state index in [-0.39, 0.29) is 23.4 Å². The number of benzene rings is 2. The largest absolute Gasteiger partial charge is 0.382 e. The molecule has 0 unspecified atom stereocenters. The smallest absolute Gasteiger partial charge is 0.262 e. The van der Waals surface area contributed by atoms with Gasteiger partial charge in [0.15, 0.2) is 0 Å². The summed E-state index contributed by atoms with van der Waals surface area (Å²) in [7, 11) is -2.15. The lowest BCUT2D eigenvalue weighted by atomic mass is 10.0. The third kappa shape index (κ3) is 7.71. The number of nitrogens with one attached hydrogen (secondary N) is 3. The zero-order chi connectivity index (χ0) is 28.9. The molecule has 0 atom stereocenters. The van der Waals surface area contributed by atoms with Gasteiger partial charge in [-0.15, -0.1) is 0 Å². The Morgan fingerprint density at radius 2 is 1.85 bits per heavy atom. The van der Waals surface area contributed by atoms with E-state index in [1.165, 1.54) is 12.1 Å². The van der Waals surface area contributed by atoms with E-state index in [0.717, 1.165) is 43.9 Å². The summed E-state index contributed by atoms with van der Waals surface area (Å²) < 4.78 is 52.7. The molecule has 40 heavy (non-hydrogen) atoms. The number of sulfonamides is 1. The number of aromatic nitrogens is 1. The molecule has 1 aromatic heterocycles. The van der Waals surface area contributed by atoms with Crippen molar-refractivity contribution in [1.29, 1.82) is 0 Å². The van der Waals surface area contributed by atoms with Gasteiger partial charge in [-0.05, 0) is 61.2 Å².